The molecule has 0 aliphatic heterocycles. The fourth-order valence-electron chi connectivity index (χ4n) is 2.07. The van der Waals surface area contributed by atoms with Gasteiger partial charge in [0, 0.05) is 18.0 Å². The first kappa shape index (κ1) is 15.9. The van der Waals surface area contributed by atoms with E-state index in [9.17, 15) is 9.90 Å². The average molecular weight is 297 g/mol. The predicted molar refractivity (Wildman–Crippen MR) is 85.0 cm³/mol. The zero-order valence-corrected chi connectivity index (χ0v) is 12.7. The van der Waals surface area contributed by atoms with Crippen molar-refractivity contribution < 1.29 is 14.6 Å². The Kier molecular flexibility index (Phi) is 5.44. The molecule has 4 nitrogen and oxygen atoms in total. The Hall–Kier alpha value is -2.46. The molecular weight excluding hydrogens is 278 g/mol. The van der Waals surface area contributed by atoms with Crippen LogP contribution in [0.2, 0.25) is 0 Å². The molecule has 0 saturated heterocycles. The summed E-state index contributed by atoms with van der Waals surface area (Å²) in [5.74, 6) is -0.316. The van der Waals surface area contributed by atoms with Crippen LogP contribution in [0.4, 0.5) is 0 Å². The second kappa shape index (κ2) is 7.52. The summed E-state index contributed by atoms with van der Waals surface area (Å²) in [5.41, 5.74) is 3.01. The molecule has 2 rings (SSSR count). The molecule has 0 aliphatic rings. The third-order valence-electron chi connectivity index (χ3n) is 3.25. The number of rotatable bonds is 5. The Bertz CT molecular complexity index is 648. The molecule has 2 aromatic rings. The van der Waals surface area contributed by atoms with Crippen molar-refractivity contribution in [2.24, 2.45) is 0 Å². The summed E-state index contributed by atoms with van der Waals surface area (Å²) in [6.07, 6.45) is 4.38. The Morgan fingerprint density at radius 1 is 1.18 bits per heavy atom. The van der Waals surface area contributed by atoms with Crippen LogP contribution in [0.15, 0.2) is 54.4 Å². The number of benzene rings is 1. The van der Waals surface area contributed by atoms with Crippen LogP contribution in [-0.4, -0.2) is 22.7 Å². The summed E-state index contributed by atoms with van der Waals surface area (Å²) < 4.78 is 4.94. The SMILES string of the molecule is CCOC(=O)/C(C)=C/c1ccc(C(O)c2ccncc2)cc1. The van der Waals surface area contributed by atoms with Crippen LogP contribution in [-0.2, 0) is 9.53 Å². The molecule has 1 N–H and O–H groups in total. The average Bonchev–Trinajstić information content (AvgIpc) is 2.56. The minimum Gasteiger partial charge on any atom is -0.463 e. The van der Waals surface area contributed by atoms with Gasteiger partial charge in [0.1, 0.15) is 6.10 Å². The first-order chi connectivity index (χ1) is 10.6. The fraction of sp³-hybridized carbons (Fsp3) is 0.222. The summed E-state index contributed by atoms with van der Waals surface area (Å²) in [5, 5.41) is 10.3. The molecule has 22 heavy (non-hydrogen) atoms. The Morgan fingerprint density at radius 2 is 1.77 bits per heavy atom. The number of ether oxygens (including phenoxy) is 1. The Morgan fingerprint density at radius 3 is 2.36 bits per heavy atom. The standard InChI is InChI=1S/C18H19NO3/c1-3-22-18(21)13(2)12-14-4-6-15(7-5-14)17(20)16-8-10-19-11-9-16/h4-12,17,20H,3H2,1-2H3/b13-12+. The van der Waals surface area contributed by atoms with E-state index >= 15 is 0 Å². The number of aromatic nitrogens is 1. The molecule has 1 heterocycles. The van der Waals surface area contributed by atoms with E-state index in [1.54, 1.807) is 44.4 Å². The number of pyridine rings is 1. The van der Waals surface area contributed by atoms with E-state index in [0.717, 1.165) is 16.7 Å². The molecule has 0 amide bonds. The fourth-order valence-corrected chi connectivity index (χ4v) is 2.07. The minimum absolute atomic E-state index is 0.316. The maximum absolute atomic E-state index is 11.6. The van der Waals surface area contributed by atoms with Gasteiger partial charge in [0.25, 0.3) is 0 Å². The van der Waals surface area contributed by atoms with Crippen molar-refractivity contribution in [2.45, 2.75) is 20.0 Å². The van der Waals surface area contributed by atoms with Gasteiger partial charge in [0.05, 0.1) is 6.61 Å². The largest absolute Gasteiger partial charge is 0.463 e. The van der Waals surface area contributed by atoms with Crippen molar-refractivity contribution in [2.75, 3.05) is 6.61 Å². The summed E-state index contributed by atoms with van der Waals surface area (Å²) >= 11 is 0. The Balaban J connectivity index is 2.14. The highest BCUT2D eigenvalue weighted by atomic mass is 16.5. The van der Waals surface area contributed by atoms with Gasteiger partial charge in [-0.2, -0.15) is 0 Å². The van der Waals surface area contributed by atoms with Gasteiger partial charge >= 0.3 is 5.97 Å². The first-order valence-corrected chi connectivity index (χ1v) is 7.15. The van der Waals surface area contributed by atoms with Crippen LogP contribution in [0, 0.1) is 0 Å². The maximum Gasteiger partial charge on any atom is 0.333 e. The molecule has 1 unspecified atom stereocenters. The normalized spacial score (nSPS) is 12.8. The lowest BCUT2D eigenvalue weighted by atomic mass is 10.0. The molecule has 114 valence electrons. The molecule has 0 aliphatic carbocycles. The monoisotopic (exact) mass is 297 g/mol. The number of esters is 1. The van der Waals surface area contributed by atoms with Crippen molar-refractivity contribution in [1.82, 2.24) is 4.98 Å². The number of aliphatic hydroxyl groups is 1. The Labute approximate surface area is 130 Å². The minimum atomic E-state index is -0.688. The van der Waals surface area contributed by atoms with E-state index in [2.05, 4.69) is 4.98 Å². The zero-order valence-electron chi connectivity index (χ0n) is 12.7. The van der Waals surface area contributed by atoms with E-state index in [1.165, 1.54) is 0 Å². The second-order valence-electron chi connectivity index (χ2n) is 4.90. The van der Waals surface area contributed by atoms with Crippen molar-refractivity contribution in [1.29, 1.82) is 0 Å². The smallest absolute Gasteiger partial charge is 0.333 e. The maximum atomic E-state index is 11.6. The number of aliphatic hydroxyl groups excluding tert-OH is 1. The summed E-state index contributed by atoms with van der Waals surface area (Å²) in [6, 6.07) is 11.0. The van der Waals surface area contributed by atoms with Gasteiger partial charge < -0.3 is 9.84 Å². The predicted octanol–water partition coefficient (Wildman–Crippen LogP) is 3.13. The highest BCUT2D eigenvalue weighted by Gasteiger charge is 2.10. The van der Waals surface area contributed by atoms with E-state index in [0.29, 0.717) is 12.2 Å². The quantitative estimate of drug-likeness (QED) is 0.680. The second-order valence-corrected chi connectivity index (χ2v) is 4.90. The van der Waals surface area contributed by atoms with Crippen molar-refractivity contribution in [3.63, 3.8) is 0 Å². The molecule has 0 saturated carbocycles. The topological polar surface area (TPSA) is 59.4 Å². The molecule has 1 atom stereocenters. The van der Waals surface area contributed by atoms with Gasteiger partial charge in [-0.1, -0.05) is 24.3 Å². The highest BCUT2D eigenvalue weighted by molar-refractivity contribution is 5.92. The van der Waals surface area contributed by atoms with Gasteiger partial charge in [-0.05, 0) is 48.7 Å². The van der Waals surface area contributed by atoms with Crippen molar-refractivity contribution in [3.05, 3.63) is 71.1 Å². The summed E-state index contributed by atoms with van der Waals surface area (Å²) in [6.45, 7) is 3.86. The molecule has 1 aromatic carbocycles. The lowest BCUT2D eigenvalue weighted by Gasteiger charge is -2.11. The molecule has 1 aromatic heterocycles. The van der Waals surface area contributed by atoms with E-state index in [-0.39, 0.29) is 5.97 Å². The molecule has 0 bridgehead atoms. The van der Waals surface area contributed by atoms with Crippen molar-refractivity contribution >= 4 is 12.0 Å². The van der Waals surface area contributed by atoms with Crippen LogP contribution < -0.4 is 0 Å². The molecule has 4 heteroatoms. The number of nitrogens with zero attached hydrogens (tertiary/aromatic N) is 1. The van der Waals surface area contributed by atoms with Crippen LogP contribution in [0.25, 0.3) is 6.08 Å². The third-order valence-corrected chi connectivity index (χ3v) is 3.25. The lowest BCUT2D eigenvalue weighted by molar-refractivity contribution is -0.138. The van der Waals surface area contributed by atoms with Gasteiger partial charge in [-0.15, -0.1) is 0 Å². The molecule has 0 radical (unpaired) electrons. The van der Waals surface area contributed by atoms with Crippen LogP contribution >= 0.6 is 0 Å². The number of hydrogen-bond acceptors (Lipinski definition) is 4. The van der Waals surface area contributed by atoms with Gasteiger partial charge in [-0.3, -0.25) is 4.98 Å². The zero-order chi connectivity index (χ0) is 15.9. The van der Waals surface area contributed by atoms with E-state index in [4.69, 9.17) is 4.74 Å². The third kappa shape index (κ3) is 4.02. The summed E-state index contributed by atoms with van der Waals surface area (Å²) in [4.78, 5) is 15.5. The van der Waals surface area contributed by atoms with Gasteiger partial charge in [0.15, 0.2) is 0 Å². The lowest BCUT2D eigenvalue weighted by Crippen LogP contribution is -2.04. The van der Waals surface area contributed by atoms with E-state index < -0.39 is 6.10 Å². The van der Waals surface area contributed by atoms with Gasteiger partial charge in [-0.25, -0.2) is 4.79 Å². The van der Waals surface area contributed by atoms with Gasteiger partial charge in [0.2, 0.25) is 0 Å². The molecule has 0 spiro atoms. The van der Waals surface area contributed by atoms with Crippen LogP contribution in [0.1, 0.15) is 36.6 Å². The van der Waals surface area contributed by atoms with E-state index in [1.807, 2.05) is 24.3 Å². The van der Waals surface area contributed by atoms with Crippen LogP contribution in [0.5, 0.6) is 0 Å². The number of carbonyl (C=O) groups excluding carboxylic acids is 1. The molecule has 0 fully saturated rings. The van der Waals surface area contributed by atoms with Crippen LogP contribution in [0.3, 0.4) is 0 Å². The molecular formula is C18H19NO3. The number of carbonyl (C=O) groups is 1. The number of hydrogen-bond donors (Lipinski definition) is 1. The highest BCUT2D eigenvalue weighted by Crippen LogP contribution is 2.22. The van der Waals surface area contributed by atoms with Crippen molar-refractivity contribution in [3.8, 4) is 0 Å². The first-order valence-electron chi connectivity index (χ1n) is 7.15. The summed E-state index contributed by atoms with van der Waals surface area (Å²) in [7, 11) is 0.